The molecule has 1 aliphatic heterocycles. The number of carbonyl (C=O) groups is 1. The van der Waals surface area contributed by atoms with Crippen LogP contribution in [0.2, 0.25) is 5.02 Å². The summed E-state index contributed by atoms with van der Waals surface area (Å²) in [5.41, 5.74) is 1.87. The van der Waals surface area contributed by atoms with Crippen molar-refractivity contribution in [1.29, 1.82) is 0 Å². The lowest BCUT2D eigenvalue weighted by Gasteiger charge is -2.34. The molecule has 0 radical (unpaired) electrons. The molecule has 2 amide bonds. The number of hydrogen-bond donors (Lipinski definition) is 1. The Labute approximate surface area is 152 Å². The smallest absolute Gasteiger partial charge is 0.321 e. The number of nitrogens with zero attached hydrogens (tertiary/aromatic N) is 2. The second-order valence-electron chi connectivity index (χ2n) is 6.14. The number of halogens is 2. The highest BCUT2D eigenvalue weighted by atomic mass is 35.5. The summed E-state index contributed by atoms with van der Waals surface area (Å²) >= 11 is 5.85. The summed E-state index contributed by atoms with van der Waals surface area (Å²) in [5, 5.41) is 3.54. The van der Waals surface area contributed by atoms with Crippen LogP contribution in [0.1, 0.15) is 5.56 Å². The minimum absolute atomic E-state index is 0.0829. The van der Waals surface area contributed by atoms with Crippen LogP contribution in [0.4, 0.5) is 14.9 Å². The third-order valence-corrected chi connectivity index (χ3v) is 4.64. The Balaban J connectivity index is 1.42. The van der Waals surface area contributed by atoms with Crippen LogP contribution in [0.15, 0.2) is 48.5 Å². The summed E-state index contributed by atoms with van der Waals surface area (Å²) in [4.78, 5) is 16.4. The Morgan fingerprint density at radius 3 is 2.28 bits per heavy atom. The molecule has 6 heteroatoms. The van der Waals surface area contributed by atoms with Gasteiger partial charge in [0.15, 0.2) is 0 Å². The SMILES string of the molecule is O=C(Nc1ccc(Cl)cc1)N1CCN(CCc2ccc(F)cc2)CC1. The third-order valence-electron chi connectivity index (χ3n) is 4.38. The molecule has 1 heterocycles. The first-order valence-electron chi connectivity index (χ1n) is 8.38. The van der Waals surface area contributed by atoms with Gasteiger partial charge >= 0.3 is 6.03 Å². The van der Waals surface area contributed by atoms with E-state index in [1.54, 1.807) is 24.3 Å². The van der Waals surface area contributed by atoms with Gasteiger partial charge in [-0.15, -0.1) is 0 Å². The lowest BCUT2D eigenvalue weighted by Crippen LogP contribution is -2.50. The fourth-order valence-corrected chi connectivity index (χ4v) is 2.97. The molecule has 0 aliphatic carbocycles. The van der Waals surface area contributed by atoms with Crippen LogP contribution in [0.5, 0.6) is 0 Å². The van der Waals surface area contributed by atoms with Gasteiger partial charge in [-0.05, 0) is 48.4 Å². The van der Waals surface area contributed by atoms with Crippen LogP contribution in [-0.4, -0.2) is 48.6 Å². The van der Waals surface area contributed by atoms with Gasteiger partial charge in [-0.2, -0.15) is 0 Å². The van der Waals surface area contributed by atoms with Gasteiger partial charge in [0, 0.05) is 43.4 Å². The van der Waals surface area contributed by atoms with Crippen molar-refractivity contribution in [3.8, 4) is 0 Å². The Kier molecular flexibility index (Phi) is 5.89. The van der Waals surface area contributed by atoms with Crippen molar-refractivity contribution < 1.29 is 9.18 Å². The minimum atomic E-state index is -0.205. The second kappa shape index (κ2) is 8.32. The lowest BCUT2D eigenvalue weighted by molar-refractivity contribution is 0.148. The molecule has 0 atom stereocenters. The van der Waals surface area contributed by atoms with Crippen molar-refractivity contribution in [2.75, 3.05) is 38.0 Å². The van der Waals surface area contributed by atoms with E-state index in [4.69, 9.17) is 11.6 Å². The summed E-state index contributed by atoms with van der Waals surface area (Å²) in [6.07, 6.45) is 0.886. The number of amides is 2. The molecular formula is C19H21ClFN3O. The molecule has 1 aliphatic rings. The molecule has 4 nitrogen and oxygen atoms in total. The van der Waals surface area contributed by atoms with Crippen molar-refractivity contribution in [2.24, 2.45) is 0 Å². The van der Waals surface area contributed by atoms with Gasteiger partial charge < -0.3 is 10.2 Å². The van der Waals surface area contributed by atoms with Crippen LogP contribution in [0.25, 0.3) is 0 Å². The molecule has 1 N–H and O–H groups in total. The molecule has 0 aromatic heterocycles. The van der Waals surface area contributed by atoms with E-state index in [2.05, 4.69) is 10.2 Å². The van der Waals surface area contributed by atoms with E-state index in [1.165, 1.54) is 12.1 Å². The Morgan fingerprint density at radius 2 is 1.64 bits per heavy atom. The topological polar surface area (TPSA) is 35.6 Å². The van der Waals surface area contributed by atoms with E-state index in [0.29, 0.717) is 18.1 Å². The Morgan fingerprint density at radius 1 is 1.00 bits per heavy atom. The maximum absolute atomic E-state index is 12.9. The Bertz CT molecular complexity index is 698. The predicted octanol–water partition coefficient (Wildman–Crippen LogP) is 3.87. The highest BCUT2D eigenvalue weighted by Crippen LogP contribution is 2.14. The molecule has 3 rings (SSSR count). The lowest BCUT2D eigenvalue weighted by atomic mass is 10.1. The number of rotatable bonds is 4. The molecule has 0 spiro atoms. The number of carbonyl (C=O) groups excluding carboxylic acids is 1. The van der Waals surface area contributed by atoms with Crippen LogP contribution in [-0.2, 0) is 6.42 Å². The third kappa shape index (κ3) is 5.18. The number of hydrogen-bond acceptors (Lipinski definition) is 2. The number of benzene rings is 2. The fourth-order valence-electron chi connectivity index (χ4n) is 2.85. The zero-order chi connectivity index (χ0) is 17.6. The molecule has 25 heavy (non-hydrogen) atoms. The molecule has 2 aromatic carbocycles. The molecular weight excluding hydrogens is 341 g/mol. The van der Waals surface area contributed by atoms with E-state index in [1.807, 2.05) is 17.0 Å². The first-order chi connectivity index (χ1) is 12.1. The van der Waals surface area contributed by atoms with Crippen molar-refractivity contribution in [2.45, 2.75) is 6.42 Å². The monoisotopic (exact) mass is 361 g/mol. The van der Waals surface area contributed by atoms with Crippen LogP contribution in [0, 0.1) is 5.82 Å². The minimum Gasteiger partial charge on any atom is -0.322 e. The van der Waals surface area contributed by atoms with Gasteiger partial charge in [0.05, 0.1) is 0 Å². The first kappa shape index (κ1) is 17.7. The maximum atomic E-state index is 12.9. The summed E-state index contributed by atoms with van der Waals surface area (Å²) in [7, 11) is 0. The van der Waals surface area contributed by atoms with Gasteiger partial charge in [0.1, 0.15) is 5.82 Å². The van der Waals surface area contributed by atoms with Crippen molar-refractivity contribution in [3.63, 3.8) is 0 Å². The molecule has 0 saturated carbocycles. The number of piperazine rings is 1. The molecule has 0 bridgehead atoms. The zero-order valence-corrected chi connectivity index (χ0v) is 14.7. The summed E-state index contributed by atoms with van der Waals surface area (Å²) in [6.45, 7) is 3.99. The quantitative estimate of drug-likeness (QED) is 0.897. The van der Waals surface area contributed by atoms with Crippen molar-refractivity contribution >= 4 is 23.3 Å². The van der Waals surface area contributed by atoms with Crippen LogP contribution < -0.4 is 5.32 Å². The summed E-state index contributed by atoms with van der Waals surface area (Å²) < 4.78 is 12.9. The normalized spacial score (nSPS) is 15.2. The maximum Gasteiger partial charge on any atom is 0.321 e. The van der Waals surface area contributed by atoms with E-state index in [0.717, 1.165) is 37.3 Å². The van der Waals surface area contributed by atoms with E-state index in [9.17, 15) is 9.18 Å². The number of nitrogens with one attached hydrogen (secondary N) is 1. The standard InChI is InChI=1S/C19H21ClFN3O/c20-16-3-7-18(8-4-16)22-19(25)24-13-11-23(12-14-24)10-9-15-1-5-17(21)6-2-15/h1-8H,9-14H2,(H,22,25). The zero-order valence-electron chi connectivity index (χ0n) is 13.9. The van der Waals surface area contributed by atoms with Crippen LogP contribution in [0.3, 0.4) is 0 Å². The second-order valence-corrected chi connectivity index (χ2v) is 6.58. The van der Waals surface area contributed by atoms with E-state index in [-0.39, 0.29) is 11.8 Å². The predicted molar refractivity (Wildman–Crippen MR) is 98.6 cm³/mol. The average molecular weight is 362 g/mol. The first-order valence-corrected chi connectivity index (χ1v) is 8.76. The number of urea groups is 1. The van der Waals surface area contributed by atoms with E-state index < -0.39 is 0 Å². The fraction of sp³-hybridized carbons (Fsp3) is 0.316. The average Bonchev–Trinajstić information content (AvgIpc) is 2.63. The van der Waals surface area contributed by atoms with Crippen molar-refractivity contribution in [1.82, 2.24) is 9.80 Å². The van der Waals surface area contributed by atoms with Gasteiger partial charge in [0.25, 0.3) is 0 Å². The molecule has 1 fully saturated rings. The van der Waals surface area contributed by atoms with Crippen molar-refractivity contribution in [3.05, 3.63) is 64.9 Å². The largest absolute Gasteiger partial charge is 0.322 e. The van der Waals surface area contributed by atoms with Crippen LogP contribution >= 0.6 is 11.6 Å². The summed E-state index contributed by atoms with van der Waals surface area (Å²) in [5.74, 6) is -0.205. The highest BCUT2D eigenvalue weighted by molar-refractivity contribution is 6.30. The molecule has 1 saturated heterocycles. The summed E-state index contributed by atoms with van der Waals surface area (Å²) in [6, 6.07) is 13.6. The highest BCUT2D eigenvalue weighted by Gasteiger charge is 2.20. The molecule has 0 unspecified atom stereocenters. The number of anilines is 1. The van der Waals surface area contributed by atoms with Gasteiger partial charge in [-0.3, -0.25) is 4.90 Å². The molecule has 2 aromatic rings. The van der Waals surface area contributed by atoms with Gasteiger partial charge in [-0.1, -0.05) is 23.7 Å². The Hall–Kier alpha value is -2.11. The molecule has 132 valence electrons. The van der Waals surface area contributed by atoms with E-state index >= 15 is 0 Å². The van der Waals surface area contributed by atoms with Gasteiger partial charge in [-0.25, -0.2) is 9.18 Å². The van der Waals surface area contributed by atoms with Gasteiger partial charge in [0.2, 0.25) is 0 Å².